The van der Waals surface area contributed by atoms with Gasteiger partial charge in [0, 0.05) is 19.5 Å². The van der Waals surface area contributed by atoms with Gasteiger partial charge in [-0.25, -0.2) is 9.67 Å². The Morgan fingerprint density at radius 2 is 2.26 bits per heavy atom. The van der Waals surface area contributed by atoms with Crippen LogP contribution in [0.3, 0.4) is 0 Å². The fourth-order valence-corrected chi connectivity index (χ4v) is 2.99. The van der Waals surface area contributed by atoms with E-state index in [4.69, 9.17) is 4.74 Å². The van der Waals surface area contributed by atoms with Crippen molar-refractivity contribution in [1.29, 1.82) is 0 Å². The Kier molecular flexibility index (Phi) is 4.85. The zero-order valence-corrected chi connectivity index (χ0v) is 15.8. The molecule has 1 fully saturated rings. The maximum absolute atomic E-state index is 5.15. The first-order chi connectivity index (χ1) is 13.1. The number of fused-ring (bicyclic) bond motifs is 1. The fraction of sp³-hybridized carbons (Fsp3) is 0.500. The predicted molar refractivity (Wildman–Crippen MR) is 104 cm³/mol. The van der Waals surface area contributed by atoms with Gasteiger partial charge in [-0.05, 0) is 37.7 Å². The molecule has 0 aliphatic heterocycles. The minimum absolute atomic E-state index is 0.0916. The number of H-pyrrole nitrogens is 1. The van der Waals surface area contributed by atoms with Gasteiger partial charge in [0.2, 0.25) is 5.95 Å². The normalized spacial score (nSPS) is 16.9. The van der Waals surface area contributed by atoms with E-state index >= 15 is 0 Å². The van der Waals surface area contributed by atoms with E-state index in [0.29, 0.717) is 30.1 Å². The largest absolute Gasteiger partial charge is 0.382 e. The van der Waals surface area contributed by atoms with Crippen molar-refractivity contribution in [2.24, 2.45) is 16.8 Å². The summed E-state index contributed by atoms with van der Waals surface area (Å²) >= 11 is 0. The van der Waals surface area contributed by atoms with Gasteiger partial charge in [-0.1, -0.05) is 12.1 Å². The van der Waals surface area contributed by atoms with Gasteiger partial charge in [-0.3, -0.25) is 0 Å². The number of hydrogen-bond acceptors (Lipinski definition) is 7. The summed E-state index contributed by atoms with van der Waals surface area (Å²) in [5.41, 5.74) is 0.735. The molecule has 9 heteroatoms. The van der Waals surface area contributed by atoms with Gasteiger partial charge in [0.25, 0.3) is 0 Å². The summed E-state index contributed by atoms with van der Waals surface area (Å²) in [4.78, 5) is 16.8. The number of hydrogen-bond donors (Lipinski definition) is 2. The third-order valence-corrected chi connectivity index (χ3v) is 4.80. The van der Waals surface area contributed by atoms with Crippen LogP contribution in [0.5, 0.6) is 0 Å². The van der Waals surface area contributed by atoms with Gasteiger partial charge in [-0.2, -0.15) is 9.97 Å². The van der Waals surface area contributed by atoms with E-state index in [9.17, 15) is 0 Å². The highest BCUT2D eigenvalue weighted by Crippen LogP contribution is 2.36. The molecule has 0 bridgehead atoms. The minimum Gasteiger partial charge on any atom is -0.382 e. The number of nitrogens with one attached hydrogen (secondary N) is 2. The number of ether oxygens (including phenoxy) is 1. The molecule has 2 N–H and O–H groups in total. The van der Waals surface area contributed by atoms with Crippen LogP contribution in [-0.2, 0) is 4.74 Å². The number of nitrogens with zero attached hydrogens (tertiary/aromatic N) is 6. The summed E-state index contributed by atoms with van der Waals surface area (Å²) in [5, 5.41) is 12.3. The lowest BCUT2D eigenvalue weighted by atomic mass is 10.1. The second-order valence-electron chi connectivity index (χ2n) is 7.10. The first-order valence-electron chi connectivity index (χ1n) is 9.21. The van der Waals surface area contributed by atoms with Crippen LogP contribution in [0.2, 0.25) is 0 Å². The number of aromatic amines is 1. The standard InChI is InChI=1S/C18H24N8O/c1-11(13-4-5-13)8-20-17-14-6-7-19-16(14)22-18(23-17)21-15-9-26(25-24-15)12(2)10-27-3/h6-9,11-13H,4-5,10H2,1-3H3,(H2,19,21,22,23)/t11-,12+/m1/s1. The van der Waals surface area contributed by atoms with Crippen molar-refractivity contribution in [3.05, 3.63) is 18.5 Å². The van der Waals surface area contributed by atoms with Crippen LogP contribution >= 0.6 is 0 Å². The monoisotopic (exact) mass is 368 g/mol. The Balaban J connectivity index is 1.57. The zero-order chi connectivity index (χ0) is 18.8. The molecule has 27 heavy (non-hydrogen) atoms. The summed E-state index contributed by atoms with van der Waals surface area (Å²) in [7, 11) is 1.66. The van der Waals surface area contributed by atoms with Crippen LogP contribution in [0.1, 0.15) is 32.7 Å². The SMILES string of the molecule is COC[C@H](C)n1cc(Nc2nc(N=C[C@@H](C)C3CC3)c3cc[nH]c3n2)nn1. The van der Waals surface area contributed by atoms with E-state index in [-0.39, 0.29) is 6.04 Å². The first-order valence-corrected chi connectivity index (χ1v) is 9.21. The van der Waals surface area contributed by atoms with Gasteiger partial charge < -0.3 is 15.0 Å². The van der Waals surface area contributed by atoms with Crippen LogP contribution in [0.15, 0.2) is 23.5 Å². The molecule has 9 nitrogen and oxygen atoms in total. The molecule has 0 radical (unpaired) electrons. The predicted octanol–water partition coefficient (Wildman–Crippen LogP) is 3.25. The van der Waals surface area contributed by atoms with Crippen molar-refractivity contribution in [3.8, 4) is 0 Å². The minimum atomic E-state index is 0.0916. The Labute approximate surface area is 157 Å². The Morgan fingerprint density at radius 3 is 3.04 bits per heavy atom. The summed E-state index contributed by atoms with van der Waals surface area (Å²) in [6.45, 7) is 4.78. The topological polar surface area (TPSA) is 106 Å². The lowest BCUT2D eigenvalue weighted by molar-refractivity contribution is 0.156. The second-order valence-corrected chi connectivity index (χ2v) is 7.10. The molecule has 1 aliphatic rings. The average molecular weight is 368 g/mol. The summed E-state index contributed by atoms with van der Waals surface area (Å²) in [6.07, 6.45) is 8.24. The van der Waals surface area contributed by atoms with E-state index in [1.165, 1.54) is 12.8 Å². The number of aromatic nitrogens is 6. The van der Waals surface area contributed by atoms with Crippen molar-refractivity contribution in [1.82, 2.24) is 29.9 Å². The van der Waals surface area contributed by atoms with Crippen molar-refractivity contribution < 1.29 is 4.74 Å². The van der Waals surface area contributed by atoms with E-state index in [1.54, 1.807) is 11.8 Å². The molecule has 1 saturated carbocycles. The summed E-state index contributed by atoms with van der Waals surface area (Å²) < 4.78 is 6.90. The van der Waals surface area contributed by atoms with Gasteiger partial charge >= 0.3 is 0 Å². The molecule has 0 amide bonds. The summed E-state index contributed by atoms with van der Waals surface area (Å²) in [5.74, 6) is 2.88. The zero-order valence-electron chi connectivity index (χ0n) is 15.8. The molecular formula is C18H24N8O. The van der Waals surface area contributed by atoms with Crippen molar-refractivity contribution in [3.63, 3.8) is 0 Å². The molecular weight excluding hydrogens is 344 g/mol. The second kappa shape index (κ2) is 7.43. The molecule has 0 aromatic carbocycles. The third kappa shape index (κ3) is 3.97. The molecule has 142 valence electrons. The molecule has 4 rings (SSSR count). The molecule has 0 spiro atoms. The quantitative estimate of drug-likeness (QED) is 0.591. The lowest BCUT2D eigenvalue weighted by Gasteiger charge is -2.08. The number of aliphatic imine (C=N–C) groups is 1. The van der Waals surface area contributed by atoms with Crippen LogP contribution in [-0.4, -0.2) is 49.9 Å². The number of rotatable bonds is 8. The van der Waals surface area contributed by atoms with Gasteiger partial charge in [-0.15, -0.1) is 5.10 Å². The smallest absolute Gasteiger partial charge is 0.232 e. The Hall–Kier alpha value is -2.81. The fourth-order valence-electron chi connectivity index (χ4n) is 2.99. The first kappa shape index (κ1) is 17.6. The van der Waals surface area contributed by atoms with Crippen LogP contribution < -0.4 is 5.32 Å². The van der Waals surface area contributed by atoms with Gasteiger partial charge in [0.15, 0.2) is 11.6 Å². The highest BCUT2D eigenvalue weighted by atomic mass is 16.5. The van der Waals surface area contributed by atoms with Crippen LogP contribution in [0.25, 0.3) is 11.0 Å². The van der Waals surface area contributed by atoms with Gasteiger partial charge in [0.1, 0.15) is 5.65 Å². The van der Waals surface area contributed by atoms with Gasteiger partial charge in [0.05, 0.1) is 24.2 Å². The number of methoxy groups -OCH3 is 1. The highest BCUT2D eigenvalue weighted by Gasteiger charge is 2.26. The van der Waals surface area contributed by atoms with Crippen molar-refractivity contribution in [2.75, 3.05) is 19.0 Å². The molecule has 3 heterocycles. The Morgan fingerprint density at radius 1 is 1.41 bits per heavy atom. The van der Waals surface area contributed by atoms with E-state index in [1.807, 2.05) is 31.6 Å². The summed E-state index contributed by atoms with van der Waals surface area (Å²) in [6, 6.07) is 2.03. The molecule has 2 atom stereocenters. The molecule has 3 aromatic heterocycles. The molecule has 3 aromatic rings. The lowest BCUT2D eigenvalue weighted by Crippen LogP contribution is -2.11. The molecule has 1 aliphatic carbocycles. The van der Waals surface area contributed by atoms with Crippen LogP contribution in [0.4, 0.5) is 17.6 Å². The number of anilines is 2. The van der Waals surface area contributed by atoms with Crippen LogP contribution in [0, 0.1) is 11.8 Å². The van der Waals surface area contributed by atoms with Crippen molar-refractivity contribution in [2.45, 2.75) is 32.7 Å². The van der Waals surface area contributed by atoms with E-state index in [0.717, 1.165) is 17.0 Å². The maximum atomic E-state index is 5.15. The van der Waals surface area contributed by atoms with Crippen molar-refractivity contribution >= 4 is 34.8 Å². The average Bonchev–Trinajstić information content (AvgIpc) is 3.22. The molecule has 0 saturated heterocycles. The third-order valence-electron chi connectivity index (χ3n) is 4.80. The molecule has 0 unspecified atom stereocenters. The Bertz CT molecular complexity index is 942. The van der Waals surface area contributed by atoms with E-state index < -0.39 is 0 Å². The highest BCUT2D eigenvalue weighted by molar-refractivity contribution is 5.88. The maximum Gasteiger partial charge on any atom is 0.232 e. The van der Waals surface area contributed by atoms with E-state index in [2.05, 4.69) is 42.5 Å².